The Bertz CT molecular complexity index is 640. The summed E-state index contributed by atoms with van der Waals surface area (Å²) < 4.78 is 5.41. The second-order valence-corrected chi connectivity index (χ2v) is 8.22. The molecule has 0 aromatic carbocycles. The van der Waals surface area contributed by atoms with Crippen LogP contribution in [0.1, 0.15) is 80.5 Å². The maximum absolute atomic E-state index is 13.0. The van der Waals surface area contributed by atoms with Crippen LogP contribution < -0.4 is 5.32 Å². The van der Waals surface area contributed by atoms with E-state index in [-0.39, 0.29) is 17.7 Å². The molecule has 1 aromatic heterocycles. The van der Waals surface area contributed by atoms with Crippen molar-refractivity contribution in [2.45, 2.75) is 76.8 Å². The molecule has 0 spiro atoms. The average Bonchev–Trinajstić information content (AvgIpc) is 3.11. The first-order chi connectivity index (χ1) is 12.7. The van der Waals surface area contributed by atoms with Crippen LogP contribution in [0.25, 0.3) is 0 Å². The molecule has 0 radical (unpaired) electrons. The lowest BCUT2D eigenvalue weighted by Gasteiger charge is -2.30. The van der Waals surface area contributed by atoms with Gasteiger partial charge >= 0.3 is 0 Å². The van der Waals surface area contributed by atoms with Crippen LogP contribution in [0.2, 0.25) is 0 Å². The van der Waals surface area contributed by atoms with Crippen molar-refractivity contribution in [1.82, 2.24) is 15.4 Å². The topological polar surface area (TPSA) is 75.4 Å². The Morgan fingerprint density at radius 3 is 2.46 bits per heavy atom. The smallest absolute Gasteiger partial charge is 0.273 e. The molecule has 4 rings (SSSR count). The van der Waals surface area contributed by atoms with Crippen LogP contribution in [0, 0.1) is 11.8 Å². The monoisotopic (exact) mass is 359 g/mol. The Labute approximate surface area is 154 Å². The van der Waals surface area contributed by atoms with Crippen molar-refractivity contribution >= 4 is 11.8 Å². The third-order valence-corrected chi connectivity index (χ3v) is 6.12. The van der Waals surface area contributed by atoms with E-state index in [0.29, 0.717) is 30.0 Å². The van der Waals surface area contributed by atoms with Gasteiger partial charge < -0.3 is 14.7 Å². The zero-order chi connectivity index (χ0) is 17.9. The van der Waals surface area contributed by atoms with Crippen molar-refractivity contribution in [3.63, 3.8) is 0 Å². The number of hydrogen-bond acceptors (Lipinski definition) is 4. The van der Waals surface area contributed by atoms with Gasteiger partial charge in [0.25, 0.3) is 5.91 Å². The van der Waals surface area contributed by atoms with Crippen LogP contribution in [-0.4, -0.2) is 34.5 Å². The normalized spacial score (nSPS) is 21.2. The standard InChI is InChI=1S/C20H29N3O3/c24-19(21-12-14-9-10-14)18-11-17(26-22-18)13-23(16-7-3-4-8-16)20(25)15-5-1-2-6-15/h11,14-16H,1-10,12-13H2,(H,21,24). The first kappa shape index (κ1) is 17.6. The van der Waals surface area contributed by atoms with Gasteiger partial charge in [-0.15, -0.1) is 0 Å². The number of hydrogen-bond donors (Lipinski definition) is 1. The predicted octanol–water partition coefficient (Wildman–Crippen LogP) is 3.28. The first-order valence-electron chi connectivity index (χ1n) is 10.2. The van der Waals surface area contributed by atoms with Crippen LogP contribution in [0.3, 0.4) is 0 Å². The van der Waals surface area contributed by atoms with Gasteiger partial charge in [0.15, 0.2) is 11.5 Å². The summed E-state index contributed by atoms with van der Waals surface area (Å²) in [6.45, 7) is 1.15. The molecule has 0 saturated heterocycles. The zero-order valence-corrected chi connectivity index (χ0v) is 15.4. The van der Waals surface area contributed by atoms with Gasteiger partial charge in [0.2, 0.25) is 5.91 Å². The van der Waals surface area contributed by atoms with Gasteiger partial charge in [-0.1, -0.05) is 30.8 Å². The summed E-state index contributed by atoms with van der Waals surface area (Å²) in [6, 6.07) is 2.01. The summed E-state index contributed by atoms with van der Waals surface area (Å²) in [5, 5.41) is 6.83. The Morgan fingerprint density at radius 1 is 1.08 bits per heavy atom. The second kappa shape index (κ2) is 7.80. The van der Waals surface area contributed by atoms with Crippen LogP contribution in [0.15, 0.2) is 10.6 Å². The summed E-state index contributed by atoms with van der Waals surface area (Å²) in [4.78, 5) is 27.2. The van der Waals surface area contributed by atoms with Gasteiger partial charge in [-0.3, -0.25) is 9.59 Å². The minimum absolute atomic E-state index is 0.167. The fraction of sp³-hybridized carbons (Fsp3) is 0.750. The van der Waals surface area contributed by atoms with E-state index in [1.165, 1.54) is 25.7 Å². The second-order valence-electron chi connectivity index (χ2n) is 8.22. The van der Waals surface area contributed by atoms with E-state index >= 15 is 0 Å². The van der Waals surface area contributed by atoms with Crippen molar-refractivity contribution in [2.75, 3.05) is 6.54 Å². The molecule has 3 saturated carbocycles. The first-order valence-corrected chi connectivity index (χ1v) is 10.2. The van der Waals surface area contributed by atoms with Crippen LogP contribution >= 0.6 is 0 Å². The summed E-state index contributed by atoms with van der Waals surface area (Å²) in [6.07, 6.45) is 11.2. The van der Waals surface area contributed by atoms with Crippen LogP contribution in [-0.2, 0) is 11.3 Å². The summed E-state index contributed by atoms with van der Waals surface area (Å²) in [7, 11) is 0. The van der Waals surface area contributed by atoms with Crippen LogP contribution in [0.5, 0.6) is 0 Å². The van der Waals surface area contributed by atoms with E-state index in [0.717, 1.165) is 45.1 Å². The lowest BCUT2D eigenvalue weighted by atomic mass is 10.0. The molecule has 0 atom stereocenters. The van der Waals surface area contributed by atoms with E-state index in [1.807, 2.05) is 4.90 Å². The molecule has 0 aliphatic heterocycles. The molecular weight excluding hydrogens is 330 g/mol. The molecule has 0 bridgehead atoms. The van der Waals surface area contributed by atoms with E-state index in [9.17, 15) is 9.59 Å². The van der Waals surface area contributed by atoms with Crippen molar-refractivity contribution in [2.24, 2.45) is 11.8 Å². The summed E-state index contributed by atoms with van der Waals surface area (Å²) in [5.74, 6) is 1.50. The van der Waals surface area contributed by atoms with Gasteiger partial charge in [-0.05, 0) is 44.4 Å². The number of amides is 2. The van der Waals surface area contributed by atoms with Gasteiger partial charge in [-0.25, -0.2) is 0 Å². The Balaban J connectivity index is 1.41. The molecule has 3 aliphatic rings. The maximum Gasteiger partial charge on any atom is 0.273 e. The molecule has 1 heterocycles. The lowest BCUT2D eigenvalue weighted by Crippen LogP contribution is -2.41. The van der Waals surface area contributed by atoms with Crippen LogP contribution in [0.4, 0.5) is 0 Å². The lowest BCUT2D eigenvalue weighted by molar-refractivity contribution is -0.138. The average molecular weight is 359 g/mol. The van der Waals surface area contributed by atoms with E-state index in [1.54, 1.807) is 6.07 Å². The zero-order valence-electron chi connectivity index (χ0n) is 15.4. The fourth-order valence-corrected chi connectivity index (χ4v) is 4.32. The molecule has 3 aliphatic carbocycles. The van der Waals surface area contributed by atoms with E-state index in [4.69, 9.17) is 4.52 Å². The molecule has 6 heteroatoms. The quantitative estimate of drug-likeness (QED) is 0.811. The molecule has 3 fully saturated rings. The molecule has 0 unspecified atom stereocenters. The SMILES string of the molecule is O=C(NCC1CC1)c1cc(CN(C(=O)C2CCCC2)C2CCCC2)on1. The van der Waals surface area contributed by atoms with Gasteiger partial charge in [-0.2, -0.15) is 0 Å². The Kier molecular flexibility index (Phi) is 5.27. The molecule has 26 heavy (non-hydrogen) atoms. The minimum Gasteiger partial charge on any atom is -0.359 e. The highest BCUT2D eigenvalue weighted by molar-refractivity contribution is 5.92. The number of nitrogens with one attached hydrogen (secondary N) is 1. The van der Waals surface area contributed by atoms with Crippen molar-refractivity contribution in [1.29, 1.82) is 0 Å². The largest absolute Gasteiger partial charge is 0.359 e. The number of rotatable bonds is 7. The molecule has 1 aromatic rings. The highest BCUT2D eigenvalue weighted by atomic mass is 16.5. The third-order valence-electron chi connectivity index (χ3n) is 6.12. The van der Waals surface area contributed by atoms with E-state index in [2.05, 4.69) is 10.5 Å². The number of aromatic nitrogens is 1. The summed E-state index contributed by atoms with van der Waals surface area (Å²) in [5.41, 5.74) is 0.320. The molecule has 142 valence electrons. The number of carbonyl (C=O) groups excluding carboxylic acids is 2. The van der Waals surface area contributed by atoms with E-state index < -0.39 is 0 Å². The molecular formula is C20H29N3O3. The van der Waals surface area contributed by atoms with Gasteiger partial charge in [0.1, 0.15) is 0 Å². The van der Waals surface area contributed by atoms with Crippen molar-refractivity contribution < 1.29 is 14.1 Å². The Hall–Kier alpha value is -1.85. The van der Waals surface area contributed by atoms with Crippen molar-refractivity contribution in [3.8, 4) is 0 Å². The fourth-order valence-electron chi connectivity index (χ4n) is 4.32. The Morgan fingerprint density at radius 2 is 1.77 bits per heavy atom. The highest BCUT2D eigenvalue weighted by Crippen LogP contribution is 2.32. The summed E-state index contributed by atoms with van der Waals surface area (Å²) >= 11 is 0. The number of carbonyl (C=O) groups is 2. The number of nitrogens with zero attached hydrogens (tertiary/aromatic N) is 2. The predicted molar refractivity (Wildman–Crippen MR) is 96.3 cm³/mol. The molecule has 1 N–H and O–H groups in total. The molecule has 6 nitrogen and oxygen atoms in total. The molecule has 2 amide bonds. The highest BCUT2D eigenvalue weighted by Gasteiger charge is 2.33. The van der Waals surface area contributed by atoms with Crippen molar-refractivity contribution in [3.05, 3.63) is 17.5 Å². The maximum atomic E-state index is 13.0. The minimum atomic E-state index is -0.179. The van der Waals surface area contributed by atoms with Gasteiger partial charge in [0, 0.05) is 24.6 Å². The van der Waals surface area contributed by atoms with Gasteiger partial charge in [0.05, 0.1) is 6.54 Å². The third kappa shape index (κ3) is 4.10.